The molecule has 3 amide bonds. The van der Waals surface area contributed by atoms with Crippen LogP contribution in [0.3, 0.4) is 0 Å². The number of ketones is 1. The Hall–Kier alpha value is -2.41. The van der Waals surface area contributed by atoms with E-state index in [2.05, 4.69) is 40.9 Å². The van der Waals surface area contributed by atoms with E-state index >= 15 is 0 Å². The first-order valence-corrected chi connectivity index (χ1v) is 12.2. The van der Waals surface area contributed by atoms with Crippen LogP contribution in [0.15, 0.2) is 35.7 Å². The number of benzene rings is 1. The third-order valence-electron chi connectivity index (χ3n) is 6.60. The average Bonchev–Trinajstić information content (AvgIpc) is 3.27. The molecule has 1 spiro atoms. The smallest absolute Gasteiger partial charge is 0.319 e. The number of imide groups is 1. The maximum atomic E-state index is 13.3. The van der Waals surface area contributed by atoms with Crippen molar-refractivity contribution < 1.29 is 14.4 Å². The van der Waals surface area contributed by atoms with Crippen molar-refractivity contribution in [3.05, 3.63) is 57.3 Å². The van der Waals surface area contributed by atoms with Crippen LogP contribution in [0.25, 0.3) is 0 Å². The minimum atomic E-state index is -1.01. The number of hydrogen-bond donors (Lipinski definition) is 1. The molecule has 1 fully saturated rings. The molecule has 1 N–H and O–H groups in total. The predicted octanol–water partition coefficient (Wildman–Crippen LogP) is 4.21. The molecule has 168 valence electrons. The number of fused-ring (bicyclic) bond motifs is 2. The molecule has 0 radical (unpaired) electrons. The number of nitrogens with zero attached hydrogens (tertiary/aromatic N) is 1. The first kappa shape index (κ1) is 22.8. The molecule has 4 rings (SSSR count). The van der Waals surface area contributed by atoms with Crippen molar-refractivity contribution in [3.8, 4) is 0 Å². The van der Waals surface area contributed by atoms with Crippen LogP contribution in [-0.2, 0) is 22.2 Å². The van der Waals surface area contributed by atoms with Gasteiger partial charge in [-0.1, -0.05) is 57.3 Å². The molecule has 1 atom stereocenters. The monoisotopic (exact) mass is 450 g/mol. The van der Waals surface area contributed by atoms with Crippen molar-refractivity contribution in [2.75, 3.05) is 6.54 Å². The molecular weight excluding hydrogens is 419 g/mol. The molecule has 1 aromatic carbocycles. The van der Waals surface area contributed by atoms with Gasteiger partial charge in [0.25, 0.3) is 5.91 Å². The average molecular weight is 450 g/mol. The van der Waals surface area contributed by atoms with Gasteiger partial charge in [-0.3, -0.25) is 14.5 Å². The molecule has 0 bridgehead atoms. The van der Waals surface area contributed by atoms with Gasteiger partial charge in [-0.2, -0.15) is 0 Å². The second-order valence-corrected chi connectivity index (χ2v) is 12.0. The fourth-order valence-electron chi connectivity index (χ4n) is 5.46. The molecule has 1 aromatic heterocycles. The van der Waals surface area contributed by atoms with Gasteiger partial charge in [0.2, 0.25) is 0 Å². The molecule has 1 aliphatic carbocycles. The first-order chi connectivity index (χ1) is 14.9. The van der Waals surface area contributed by atoms with Crippen LogP contribution >= 0.6 is 11.3 Å². The Morgan fingerprint density at radius 1 is 1.16 bits per heavy atom. The number of amides is 3. The number of aryl methyl sites for hydroxylation is 1. The van der Waals surface area contributed by atoms with Crippen LogP contribution < -0.4 is 5.32 Å². The van der Waals surface area contributed by atoms with Crippen molar-refractivity contribution >= 4 is 36.9 Å². The summed E-state index contributed by atoms with van der Waals surface area (Å²) in [5.74, 6) is -0.537. The second kappa shape index (κ2) is 7.87. The van der Waals surface area contributed by atoms with Gasteiger partial charge in [0.15, 0.2) is 5.78 Å². The topological polar surface area (TPSA) is 66.5 Å². The summed E-state index contributed by atoms with van der Waals surface area (Å²) in [6, 6.07) is 9.06. The third-order valence-corrected chi connectivity index (χ3v) is 7.58. The number of carbonyl (C=O) groups excluding carboxylic acids is 3. The number of urea groups is 1. The highest BCUT2D eigenvalue weighted by molar-refractivity contribution is 7.10. The highest BCUT2D eigenvalue weighted by atomic mass is 32.1. The van der Waals surface area contributed by atoms with Gasteiger partial charge in [-0.05, 0) is 48.1 Å². The molecule has 7 heteroatoms. The van der Waals surface area contributed by atoms with Crippen molar-refractivity contribution in [1.29, 1.82) is 0 Å². The number of thiophene rings is 1. The zero-order chi connectivity index (χ0) is 23.3. The Morgan fingerprint density at radius 2 is 1.84 bits per heavy atom. The lowest BCUT2D eigenvalue weighted by atomic mass is 9.62. The third kappa shape index (κ3) is 4.03. The molecule has 2 aromatic rings. The summed E-state index contributed by atoms with van der Waals surface area (Å²) in [4.78, 5) is 41.3. The summed E-state index contributed by atoms with van der Waals surface area (Å²) in [6.45, 7) is 8.64. The number of rotatable bonds is 6. The van der Waals surface area contributed by atoms with Crippen LogP contribution in [0.4, 0.5) is 4.79 Å². The zero-order valence-corrected chi connectivity index (χ0v) is 20.4. The van der Waals surface area contributed by atoms with Gasteiger partial charge >= 0.3 is 6.03 Å². The summed E-state index contributed by atoms with van der Waals surface area (Å²) >= 11 is 1.62. The van der Waals surface area contributed by atoms with Crippen LogP contribution in [0, 0.1) is 0 Å². The van der Waals surface area contributed by atoms with Gasteiger partial charge < -0.3 is 5.32 Å². The number of nitrogens with one attached hydrogen (secondary N) is 1. The minimum absolute atomic E-state index is 0.0176. The van der Waals surface area contributed by atoms with Crippen LogP contribution in [0.2, 0.25) is 5.31 Å². The number of Topliss-reactive ketones (excluding diaryl/α,β-unsaturated/α-hetero) is 1. The Kier molecular flexibility index (Phi) is 5.60. The van der Waals surface area contributed by atoms with E-state index in [1.165, 1.54) is 5.56 Å². The van der Waals surface area contributed by atoms with Gasteiger partial charge in [0.1, 0.15) is 13.4 Å². The second-order valence-electron chi connectivity index (χ2n) is 11.0. The quantitative estimate of drug-likeness (QED) is 0.407. The Labute approximate surface area is 195 Å². The Morgan fingerprint density at radius 3 is 2.50 bits per heavy atom. The summed E-state index contributed by atoms with van der Waals surface area (Å²) in [7, 11) is 2.23. The molecule has 1 unspecified atom stereocenters. The van der Waals surface area contributed by atoms with E-state index in [9.17, 15) is 14.4 Å². The fourth-order valence-corrected chi connectivity index (χ4v) is 6.45. The molecule has 1 saturated heterocycles. The molecule has 2 aliphatic rings. The van der Waals surface area contributed by atoms with Crippen molar-refractivity contribution in [1.82, 2.24) is 10.2 Å². The SMILES string of the molecule is BC(C)(C)CC(C)(C)c1ccc(C(=O)CN2C(=O)NC3(CCCc4sccc43)C2=O)cc1. The molecule has 1 aliphatic heterocycles. The van der Waals surface area contributed by atoms with E-state index in [1.807, 2.05) is 35.7 Å². The largest absolute Gasteiger partial charge is 0.325 e. The van der Waals surface area contributed by atoms with Gasteiger partial charge in [-0.15, -0.1) is 11.3 Å². The summed E-state index contributed by atoms with van der Waals surface area (Å²) in [5.41, 5.74) is 1.56. The molecule has 5 nitrogen and oxygen atoms in total. The fraction of sp³-hybridized carbons (Fsp3) is 0.480. The maximum absolute atomic E-state index is 13.3. The Bertz CT molecular complexity index is 1070. The van der Waals surface area contributed by atoms with E-state index in [0.717, 1.165) is 34.6 Å². The highest BCUT2D eigenvalue weighted by Gasteiger charge is 2.54. The van der Waals surface area contributed by atoms with E-state index in [-0.39, 0.29) is 29.0 Å². The minimum Gasteiger partial charge on any atom is -0.319 e. The van der Waals surface area contributed by atoms with E-state index in [1.54, 1.807) is 11.3 Å². The van der Waals surface area contributed by atoms with E-state index in [0.29, 0.717) is 12.0 Å². The molecule has 0 saturated carbocycles. The highest BCUT2D eigenvalue weighted by Crippen LogP contribution is 2.42. The molecular formula is C25H31BN2O3S. The summed E-state index contributed by atoms with van der Waals surface area (Å²) in [5, 5.41) is 5.07. The van der Waals surface area contributed by atoms with Crippen LogP contribution in [0.1, 0.15) is 73.3 Å². The van der Waals surface area contributed by atoms with E-state index < -0.39 is 11.6 Å². The van der Waals surface area contributed by atoms with Crippen molar-refractivity contribution in [2.45, 2.75) is 69.6 Å². The van der Waals surface area contributed by atoms with Crippen molar-refractivity contribution in [2.24, 2.45) is 0 Å². The lowest BCUT2D eigenvalue weighted by molar-refractivity contribution is -0.131. The Balaban J connectivity index is 1.50. The van der Waals surface area contributed by atoms with Gasteiger partial charge in [-0.25, -0.2) is 4.79 Å². The lowest BCUT2D eigenvalue weighted by Crippen LogP contribution is -2.46. The van der Waals surface area contributed by atoms with Gasteiger partial charge in [0.05, 0.1) is 6.54 Å². The standard InChI is InChI=1S/C25H31BN2O3S/c1-23(2,15-24(3,4)26)17-9-7-16(8-10-17)19(29)14-28-21(30)25(27-22(28)31)12-5-6-20-18(25)11-13-32-20/h7-11,13H,5-6,12,14-15,26H2,1-4H3,(H,27,31). The molecule has 2 heterocycles. The number of carbonyl (C=O) groups is 3. The van der Waals surface area contributed by atoms with Crippen molar-refractivity contribution in [3.63, 3.8) is 0 Å². The van der Waals surface area contributed by atoms with Crippen LogP contribution in [-0.4, -0.2) is 37.0 Å². The normalized spacial score (nSPS) is 21.1. The van der Waals surface area contributed by atoms with E-state index in [4.69, 9.17) is 0 Å². The first-order valence-electron chi connectivity index (χ1n) is 11.3. The zero-order valence-electron chi connectivity index (χ0n) is 19.6. The molecule has 32 heavy (non-hydrogen) atoms. The number of hydrogen-bond acceptors (Lipinski definition) is 4. The van der Waals surface area contributed by atoms with Gasteiger partial charge in [0, 0.05) is 16.0 Å². The maximum Gasteiger partial charge on any atom is 0.325 e. The predicted molar refractivity (Wildman–Crippen MR) is 130 cm³/mol. The summed E-state index contributed by atoms with van der Waals surface area (Å²) in [6.07, 6.45) is 3.35. The lowest BCUT2D eigenvalue weighted by Gasteiger charge is -2.33. The summed E-state index contributed by atoms with van der Waals surface area (Å²) < 4.78 is 0. The van der Waals surface area contributed by atoms with Crippen LogP contribution in [0.5, 0.6) is 0 Å².